The Labute approximate surface area is 146 Å². The zero-order valence-electron chi connectivity index (χ0n) is 15.3. The highest BCUT2D eigenvalue weighted by molar-refractivity contribution is 6.15. The Morgan fingerprint density at radius 3 is 1.50 bits per heavy atom. The lowest BCUT2D eigenvalue weighted by Crippen LogP contribution is -2.31. The van der Waals surface area contributed by atoms with Crippen LogP contribution in [0.2, 0.25) is 0 Å². The summed E-state index contributed by atoms with van der Waals surface area (Å²) in [6.45, 7) is 4.86. The van der Waals surface area contributed by atoms with Gasteiger partial charge in [0.2, 0.25) is 0 Å². The monoisotopic (exact) mass is 336 g/mol. The standard InChI is InChI=1S/C20H32O4/c1-3-5-13-23-19(21)18(20(22)24-14-6-4-2)17(15-9-7-10-15)16-11-8-12-16/h15-16H,3-14H2,1-2H3. The second-order valence-corrected chi connectivity index (χ2v) is 7.06. The largest absolute Gasteiger partial charge is 0.462 e. The second kappa shape index (κ2) is 9.85. The molecule has 0 unspecified atom stereocenters. The van der Waals surface area contributed by atoms with Crippen LogP contribution in [0.25, 0.3) is 0 Å². The van der Waals surface area contributed by atoms with Crippen LogP contribution in [0.1, 0.15) is 78.1 Å². The Morgan fingerprint density at radius 2 is 1.21 bits per heavy atom. The van der Waals surface area contributed by atoms with Crippen molar-refractivity contribution >= 4 is 11.9 Å². The lowest BCUT2D eigenvalue weighted by molar-refractivity contribution is -0.147. The normalized spacial score (nSPS) is 17.6. The Bertz CT molecular complexity index is 418. The summed E-state index contributed by atoms with van der Waals surface area (Å²) in [5.41, 5.74) is 1.28. The average molecular weight is 336 g/mol. The quantitative estimate of drug-likeness (QED) is 0.193. The molecule has 24 heavy (non-hydrogen) atoms. The summed E-state index contributed by atoms with van der Waals surface area (Å²) < 4.78 is 10.8. The Kier molecular flexibility index (Phi) is 7.80. The van der Waals surface area contributed by atoms with E-state index in [1.54, 1.807) is 0 Å². The fourth-order valence-corrected chi connectivity index (χ4v) is 3.26. The molecule has 0 aliphatic heterocycles. The summed E-state index contributed by atoms with van der Waals surface area (Å²) in [6, 6.07) is 0. The van der Waals surface area contributed by atoms with Gasteiger partial charge in [-0.15, -0.1) is 0 Å². The van der Waals surface area contributed by atoms with Gasteiger partial charge in [0, 0.05) is 0 Å². The number of unbranched alkanes of at least 4 members (excludes halogenated alkanes) is 2. The molecule has 0 radical (unpaired) electrons. The van der Waals surface area contributed by atoms with E-state index < -0.39 is 11.9 Å². The molecule has 0 bridgehead atoms. The molecule has 0 aromatic heterocycles. The molecule has 0 atom stereocenters. The highest BCUT2D eigenvalue weighted by atomic mass is 16.6. The molecule has 2 fully saturated rings. The first kappa shape index (κ1) is 19.0. The summed E-state index contributed by atoms with van der Waals surface area (Å²) in [5, 5.41) is 0. The first-order chi connectivity index (χ1) is 11.7. The lowest BCUT2D eigenvalue weighted by atomic mass is 9.67. The van der Waals surface area contributed by atoms with Gasteiger partial charge in [-0.05, 0) is 55.9 Å². The first-order valence-corrected chi connectivity index (χ1v) is 9.77. The summed E-state index contributed by atoms with van der Waals surface area (Å²) >= 11 is 0. The van der Waals surface area contributed by atoms with Gasteiger partial charge in [0.25, 0.3) is 0 Å². The zero-order chi connectivity index (χ0) is 17.4. The van der Waals surface area contributed by atoms with Crippen LogP contribution in [0.3, 0.4) is 0 Å². The molecule has 0 spiro atoms. The van der Waals surface area contributed by atoms with Crippen LogP contribution in [0.4, 0.5) is 0 Å². The van der Waals surface area contributed by atoms with Crippen molar-refractivity contribution in [3.8, 4) is 0 Å². The minimum atomic E-state index is -0.459. The van der Waals surface area contributed by atoms with Crippen molar-refractivity contribution < 1.29 is 19.1 Å². The number of ether oxygens (including phenoxy) is 2. The van der Waals surface area contributed by atoms with Gasteiger partial charge in [-0.2, -0.15) is 0 Å². The predicted octanol–water partition coefficient (Wildman–Crippen LogP) is 4.57. The molecule has 0 aromatic rings. The molecule has 2 aliphatic rings. The van der Waals surface area contributed by atoms with Crippen molar-refractivity contribution in [1.29, 1.82) is 0 Å². The van der Waals surface area contributed by atoms with Crippen LogP contribution in [-0.4, -0.2) is 25.2 Å². The molecule has 136 valence electrons. The van der Waals surface area contributed by atoms with E-state index in [1.807, 2.05) is 0 Å². The van der Waals surface area contributed by atoms with E-state index in [9.17, 15) is 9.59 Å². The Hall–Kier alpha value is -1.32. The van der Waals surface area contributed by atoms with E-state index in [-0.39, 0.29) is 5.57 Å². The van der Waals surface area contributed by atoms with Crippen LogP contribution in [0.5, 0.6) is 0 Å². The van der Waals surface area contributed by atoms with Crippen molar-refractivity contribution in [2.24, 2.45) is 11.8 Å². The van der Waals surface area contributed by atoms with E-state index in [1.165, 1.54) is 12.8 Å². The third-order valence-electron chi connectivity index (χ3n) is 5.25. The summed E-state index contributed by atoms with van der Waals surface area (Å²) in [5.74, 6) is -0.164. The third-order valence-corrected chi connectivity index (χ3v) is 5.25. The Balaban J connectivity index is 2.19. The van der Waals surface area contributed by atoms with Gasteiger partial charge in [0.05, 0.1) is 13.2 Å². The van der Waals surface area contributed by atoms with E-state index >= 15 is 0 Å². The van der Waals surface area contributed by atoms with Crippen molar-refractivity contribution in [3.63, 3.8) is 0 Å². The minimum Gasteiger partial charge on any atom is -0.462 e. The number of esters is 2. The van der Waals surface area contributed by atoms with Crippen molar-refractivity contribution in [2.75, 3.05) is 13.2 Å². The molecule has 2 rings (SSSR count). The van der Waals surface area contributed by atoms with Gasteiger partial charge >= 0.3 is 11.9 Å². The number of carbonyl (C=O) groups excluding carboxylic acids is 2. The molecular formula is C20H32O4. The fraction of sp³-hybridized carbons (Fsp3) is 0.800. The fourth-order valence-electron chi connectivity index (χ4n) is 3.26. The maximum absolute atomic E-state index is 12.6. The number of hydrogen-bond acceptors (Lipinski definition) is 4. The Morgan fingerprint density at radius 1 is 0.792 bits per heavy atom. The zero-order valence-corrected chi connectivity index (χ0v) is 15.3. The van der Waals surface area contributed by atoms with Gasteiger partial charge < -0.3 is 9.47 Å². The number of allylic oxidation sites excluding steroid dienone is 1. The SMILES string of the molecule is CCCCOC(=O)C(C(=O)OCCCC)=C(C1CCC1)C1CCC1. The van der Waals surface area contributed by atoms with Crippen LogP contribution in [-0.2, 0) is 19.1 Å². The van der Waals surface area contributed by atoms with Crippen LogP contribution < -0.4 is 0 Å². The number of rotatable bonds is 10. The predicted molar refractivity (Wildman–Crippen MR) is 93.4 cm³/mol. The van der Waals surface area contributed by atoms with Gasteiger partial charge in [-0.25, -0.2) is 9.59 Å². The van der Waals surface area contributed by atoms with Crippen LogP contribution in [0, 0.1) is 11.8 Å². The smallest absolute Gasteiger partial charge is 0.345 e. The highest BCUT2D eigenvalue weighted by Crippen LogP contribution is 2.45. The molecule has 0 aromatic carbocycles. The molecule has 0 N–H and O–H groups in total. The topological polar surface area (TPSA) is 52.6 Å². The van der Waals surface area contributed by atoms with E-state index in [2.05, 4.69) is 13.8 Å². The van der Waals surface area contributed by atoms with Gasteiger partial charge in [0.15, 0.2) is 0 Å². The van der Waals surface area contributed by atoms with Crippen LogP contribution in [0.15, 0.2) is 11.1 Å². The summed E-state index contributed by atoms with van der Waals surface area (Å²) in [6.07, 6.45) is 10.3. The van der Waals surface area contributed by atoms with E-state index in [0.717, 1.165) is 56.9 Å². The van der Waals surface area contributed by atoms with Crippen molar-refractivity contribution in [3.05, 3.63) is 11.1 Å². The van der Waals surface area contributed by atoms with Crippen molar-refractivity contribution in [1.82, 2.24) is 0 Å². The molecule has 2 saturated carbocycles. The van der Waals surface area contributed by atoms with Crippen molar-refractivity contribution in [2.45, 2.75) is 78.1 Å². The van der Waals surface area contributed by atoms with Crippen LogP contribution >= 0.6 is 0 Å². The van der Waals surface area contributed by atoms with E-state index in [0.29, 0.717) is 25.0 Å². The molecule has 2 aliphatic carbocycles. The maximum atomic E-state index is 12.6. The molecule has 0 heterocycles. The molecule has 4 nitrogen and oxygen atoms in total. The third kappa shape index (κ3) is 4.84. The molecule has 4 heteroatoms. The average Bonchev–Trinajstić information content (AvgIpc) is 2.44. The summed E-state index contributed by atoms with van der Waals surface area (Å²) in [7, 11) is 0. The van der Waals surface area contributed by atoms with E-state index in [4.69, 9.17) is 9.47 Å². The molecule has 0 saturated heterocycles. The van der Waals surface area contributed by atoms with Gasteiger partial charge in [0.1, 0.15) is 5.57 Å². The molecule has 0 amide bonds. The summed E-state index contributed by atoms with van der Waals surface area (Å²) in [4.78, 5) is 25.3. The first-order valence-electron chi connectivity index (χ1n) is 9.77. The second-order valence-electron chi connectivity index (χ2n) is 7.06. The maximum Gasteiger partial charge on any atom is 0.345 e. The van der Waals surface area contributed by atoms with Gasteiger partial charge in [-0.3, -0.25) is 0 Å². The number of hydrogen-bond donors (Lipinski definition) is 0. The molecular weight excluding hydrogens is 304 g/mol. The number of carbonyl (C=O) groups is 2. The minimum absolute atomic E-state index is 0.233. The van der Waals surface area contributed by atoms with Gasteiger partial charge in [-0.1, -0.05) is 39.5 Å². The highest BCUT2D eigenvalue weighted by Gasteiger charge is 2.38. The lowest BCUT2D eigenvalue weighted by Gasteiger charge is -2.38.